The molecule has 2 aliphatic heterocycles. The standard InChI is InChI=1S/C20H27N3O4S/c24-17(21-14-7-3-1-4-8-14)10-11-18(25)27-12-6-2-5-9-16-19-15(13-28-16)22-20(26)23-19/h1,3-4,7-8,15-16,19H,2,5-6,9-13H2,(H,21,24)(H2,22,23,26). The Hall–Kier alpha value is -2.22. The third-order valence-electron chi connectivity index (χ3n) is 4.95. The van der Waals surface area contributed by atoms with E-state index in [0.717, 1.165) is 37.1 Å². The molecule has 8 heteroatoms. The first-order valence-corrected chi connectivity index (χ1v) is 10.9. The van der Waals surface area contributed by atoms with E-state index in [1.54, 1.807) is 12.1 Å². The fourth-order valence-corrected chi connectivity index (χ4v) is 5.03. The van der Waals surface area contributed by atoms with Gasteiger partial charge in [-0.1, -0.05) is 31.0 Å². The second-order valence-corrected chi connectivity index (χ2v) is 8.38. The lowest BCUT2D eigenvalue weighted by Gasteiger charge is -2.16. The first-order valence-electron chi connectivity index (χ1n) is 9.81. The maximum Gasteiger partial charge on any atom is 0.315 e. The number of carbonyl (C=O) groups excluding carboxylic acids is 3. The maximum atomic E-state index is 11.8. The Kier molecular flexibility index (Phi) is 7.59. The molecule has 0 bridgehead atoms. The van der Waals surface area contributed by atoms with E-state index < -0.39 is 0 Å². The molecular formula is C20H27N3O4S. The number of carbonyl (C=O) groups is 3. The van der Waals surface area contributed by atoms with Crippen LogP contribution in [0.1, 0.15) is 38.5 Å². The highest BCUT2D eigenvalue weighted by Crippen LogP contribution is 2.33. The van der Waals surface area contributed by atoms with Crippen LogP contribution in [0.15, 0.2) is 30.3 Å². The summed E-state index contributed by atoms with van der Waals surface area (Å²) < 4.78 is 5.21. The Morgan fingerprint density at radius 2 is 1.93 bits per heavy atom. The van der Waals surface area contributed by atoms with Gasteiger partial charge in [0.25, 0.3) is 0 Å². The Labute approximate surface area is 169 Å². The van der Waals surface area contributed by atoms with Crippen LogP contribution < -0.4 is 16.0 Å². The minimum atomic E-state index is -0.336. The molecule has 152 valence electrons. The molecule has 3 amide bonds. The van der Waals surface area contributed by atoms with Gasteiger partial charge in [-0.05, 0) is 25.0 Å². The van der Waals surface area contributed by atoms with Gasteiger partial charge in [0, 0.05) is 23.1 Å². The first-order chi connectivity index (χ1) is 13.6. The third kappa shape index (κ3) is 6.15. The minimum Gasteiger partial charge on any atom is -0.466 e. The Balaban J connectivity index is 1.19. The molecule has 0 aliphatic carbocycles. The highest BCUT2D eigenvalue weighted by atomic mass is 32.2. The zero-order valence-electron chi connectivity index (χ0n) is 15.8. The molecule has 0 spiro atoms. The molecule has 1 aromatic carbocycles. The van der Waals surface area contributed by atoms with Gasteiger partial charge in [-0.3, -0.25) is 9.59 Å². The lowest BCUT2D eigenvalue weighted by molar-refractivity contribution is -0.144. The van der Waals surface area contributed by atoms with E-state index in [2.05, 4.69) is 16.0 Å². The Morgan fingerprint density at radius 3 is 2.75 bits per heavy atom. The minimum absolute atomic E-state index is 0.0512. The predicted molar refractivity (Wildman–Crippen MR) is 109 cm³/mol. The number of esters is 1. The highest BCUT2D eigenvalue weighted by molar-refractivity contribution is 8.00. The molecule has 3 unspecified atom stereocenters. The molecule has 0 radical (unpaired) electrons. The Morgan fingerprint density at radius 1 is 1.11 bits per heavy atom. The number of urea groups is 1. The van der Waals surface area contributed by atoms with Gasteiger partial charge in [-0.25, -0.2) is 4.79 Å². The molecule has 2 fully saturated rings. The molecule has 1 aromatic rings. The fraction of sp³-hybridized carbons (Fsp3) is 0.550. The summed E-state index contributed by atoms with van der Waals surface area (Å²) in [5.74, 6) is 0.449. The van der Waals surface area contributed by atoms with E-state index >= 15 is 0 Å². The summed E-state index contributed by atoms with van der Waals surface area (Å²) in [7, 11) is 0. The van der Waals surface area contributed by atoms with Gasteiger partial charge in [0.2, 0.25) is 5.91 Å². The molecule has 3 rings (SSSR count). The van der Waals surface area contributed by atoms with E-state index in [1.165, 1.54) is 0 Å². The van der Waals surface area contributed by atoms with Crippen molar-refractivity contribution in [1.82, 2.24) is 10.6 Å². The second kappa shape index (κ2) is 10.4. The van der Waals surface area contributed by atoms with Crippen molar-refractivity contribution in [3.63, 3.8) is 0 Å². The van der Waals surface area contributed by atoms with Crippen LogP contribution in [0.2, 0.25) is 0 Å². The van der Waals surface area contributed by atoms with E-state index in [9.17, 15) is 14.4 Å². The van der Waals surface area contributed by atoms with E-state index in [4.69, 9.17) is 4.74 Å². The quantitative estimate of drug-likeness (QED) is 0.316. The van der Waals surface area contributed by atoms with Gasteiger partial charge in [0.15, 0.2) is 0 Å². The summed E-state index contributed by atoms with van der Waals surface area (Å²) >= 11 is 1.91. The highest BCUT2D eigenvalue weighted by Gasteiger charge is 2.42. The molecule has 3 N–H and O–H groups in total. The first kappa shape index (κ1) is 20.5. The lowest BCUT2D eigenvalue weighted by atomic mass is 10.0. The summed E-state index contributed by atoms with van der Waals surface area (Å²) in [6.45, 7) is 0.390. The van der Waals surface area contributed by atoms with Crippen molar-refractivity contribution < 1.29 is 19.1 Å². The van der Waals surface area contributed by atoms with Crippen LogP contribution in [-0.2, 0) is 14.3 Å². The number of hydrogen-bond acceptors (Lipinski definition) is 5. The normalized spacial score (nSPS) is 22.9. The lowest BCUT2D eigenvalue weighted by Crippen LogP contribution is -2.36. The van der Waals surface area contributed by atoms with Gasteiger partial charge < -0.3 is 20.7 Å². The molecule has 2 saturated heterocycles. The molecule has 7 nitrogen and oxygen atoms in total. The van der Waals surface area contributed by atoms with Crippen molar-refractivity contribution in [2.75, 3.05) is 17.7 Å². The van der Waals surface area contributed by atoms with E-state index in [-0.39, 0.29) is 42.8 Å². The number of unbranched alkanes of at least 4 members (excludes halogenated alkanes) is 2. The van der Waals surface area contributed by atoms with Crippen LogP contribution in [0.4, 0.5) is 10.5 Å². The van der Waals surface area contributed by atoms with Crippen molar-refractivity contribution in [3.05, 3.63) is 30.3 Å². The molecule has 2 heterocycles. The smallest absolute Gasteiger partial charge is 0.315 e. The number of fused-ring (bicyclic) bond motifs is 1. The van der Waals surface area contributed by atoms with Crippen molar-refractivity contribution in [3.8, 4) is 0 Å². The number of amides is 3. The number of thioether (sulfide) groups is 1. The van der Waals surface area contributed by atoms with Crippen LogP contribution in [0.5, 0.6) is 0 Å². The summed E-state index contributed by atoms with van der Waals surface area (Å²) in [6.07, 6.45) is 4.12. The van der Waals surface area contributed by atoms with Crippen molar-refractivity contribution >= 4 is 35.4 Å². The predicted octanol–water partition coefficient (Wildman–Crippen LogP) is 2.67. The third-order valence-corrected chi connectivity index (χ3v) is 6.46. The average Bonchev–Trinajstić information content (AvgIpc) is 3.23. The average molecular weight is 406 g/mol. The molecule has 2 aliphatic rings. The maximum absolute atomic E-state index is 11.8. The number of ether oxygens (including phenoxy) is 1. The number of anilines is 1. The van der Waals surface area contributed by atoms with Gasteiger partial charge in [0.05, 0.1) is 25.1 Å². The van der Waals surface area contributed by atoms with Crippen molar-refractivity contribution in [1.29, 1.82) is 0 Å². The summed E-state index contributed by atoms with van der Waals surface area (Å²) in [5.41, 5.74) is 0.723. The second-order valence-electron chi connectivity index (χ2n) is 7.11. The van der Waals surface area contributed by atoms with Gasteiger partial charge in [-0.15, -0.1) is 0 Å². The number of benzene rings is 1. The number of nitrogens with one attached hydrogen (secondary N) is 3. The van der Waals surface area contributed by atoms with Crippen LogP contribution in [0.25, 0.3) is 0 Å². The van der Waals surface area contributed by atoms with Crippen LogP contribution in [0.3, 0.4) is 0 Å². The van der Waals surface area contributed by atoms with Crippen molar-refractivity contribution in [2.24, 2.45) is 0 Å². The summed E-state index contributed by atoms with van der Waals surface area (Å²) in [6, 6.07) is 9.63. The van der Waals surface area contributed by atoms with Gasteiger partial charge >= 0.3 is 12.0 Å². The molecule has 3 atom stereocenters. The molecule has 0 saturated carbocycles. The summed E-state index contributed by atoms with van der Waals surface area (Å²) in [4.78, 5) is 34.9. The molecule has 28 heavy (non-hydrogen) atoms. The van der Waals surface area contributed by atoms with Crippen LogP contribution in [-0.4, -0.2) is 47.6 Å². The largest absolute Gasteiger partial charge is 0.466 e. The fourth-order valence-electron chi connectivity index (χ4n) is 3.49. The van der Waals surface area contributed by atoms with Gasteiger partial charge in [0.1, 0.15) is 0 Å². The SMILES string of the molecule is O=C(CCC(=O)OCCCCCC1SCC2NC(=O)NC21)Nc1ccccc1. The zero-order valence-corrected chi connectivity index (χ0v) is 16.6. The Bertz CT molecular complexity index is 685. The van der Waals surface area contributed by atoms with E-state index in [0.29, 0.717) is 11.9 Å². The molecule has 0 aromatic heterocycles. The van der Waals surface area contributed by atoms with Crippen molar-refractivity contribution in [2.45, 2.75) is 55.9 Å². The van der Waals surface area contributed by atoms with Crippen LogP contribution in [0, 0.1) is 0 Å². The van der Waals surface area contributed by atoms with Crippen LogP contribution >= 0.6 is 11.8 Å². The monoisotopic (exact) mass is 405 g/mol. The zero-order chi connectivity index (χ0) is 19.8. The molecular weight excluding hydrogens is 378 g/mol. The van der Waals surface area contributed by atoms with E-state index in [1.807, 2.05) is 30.0 Å². The number of para-hydroxylation sites is 1. The number of rotatable bonds is 10. The summed E-state index contributed by atoms with van der Waals surface area (Å²) in [5, 5.41) is 9.16. The number of hydrogen-bond donors (Lipinski definition) is 3. The topological polar surface area (TPSA) is 96.5 Å². The van der Waals surface area contributed by atoms with Gasteiger partial charge in [-0.2, -0.15) is 11.8 Å².